The average molecular weight is 278 g/mol. The largest absolute Gasteiger partial charge is 0.354 e. The van der Waals surface area contributed by atoms with E-state index in [2.05, 4.69) is 29.6 Å². The summed E-state index contributed by atoms with van der Waals surface area (Å²) in [4.78, 5) is 23.8. The lowest BCUT2D eigenvalue weighted by molar-refractivity contribution is -0.120. The van der Waals surface area contributed by atoms with Crippen molar-refractivity contribution < 1.29 is 9.59 Å². The number of hydrogen-bond donors (Lipinski definition) is 2. The van der Waals surface area contributed by atoms with Gasteiger partial charge in [-0.05, 0) is 31.7 Å². The van der Waals surface area contributed by atoms with Gasteiger partial charge in [0.1, 0.15) is 11.7 Å². The van der Waals surface area contributed by atoms with Crippen molar-refractivity contribution >= 4 is 11.8 Å². The highest BCUT2D eigenvalue weighted by molar-refractivity contribution is 5.96. The van der Waals surface area contributed by atoms with Crippen LogP contribution in [0.4, 0.5) is 0 Å². The third-order valence-electron chi connectivity index (χ3n) is 3.33. The maximum atomic E-state index is 12.3. The fourth-order valence-electron chi connectivity index (χ4n) is 2.38. The smallest absolute Gasteiger partial charge is 0.270 e. The zero-order valence-electron chi connectivity index (χ0n) is 12.3. The number of aryl methyl sites for hydroxylation is 1. The van der Waals surface area contributed by atoms with E-state index in [9.17, 15) is 9.59 Å². The van der Waals surface area contributed by atoms with Crippen molar-refractivity contribution in [1.29, 1.82) is 0 Å². The molecule has 2 heterocycles. The molecule has 1 aliphatic heterocycles. The number of amides is 2. The summed E-state index contributed by atoms with van der Waals surface area (Å²) < 4.78 is 1.69. The predicted octanol–water partition coefficient (Wildman–Crippen LogP) is 0.720. The Morgan fingerprint density at radius 3 is 2.90 bits per heavy atom. The molecule has 0 unspecified atom stereocenters. The Labute approximate surface area is 118 Å². The molecule has 2 rings (SSSR count). The van der Waals surface area contributed by atoms with E-state index in [0.717, 1.165) is 12.1 Å². The van der Waals surface area contributed by atoms with Gasteiger partial charge in [0.25, 0.3) is 5.91 Å². The zero-order valence-corrected chi connectivity index (χ0v) is 12.3. The Balaban J connectivity index is 2.11. The average Bonchev–Trinajstić information content (AvgIpc) is 2.96. The third kappa shape index (κ3) is 3.18. The lowest BCUT2D eigenvalue weighted by atomic mass is 10.1. The number of nitrogens with one attached hydrogen (secondary N) is 2. The molecule has 0 aliphatic carbocycles. The molecule has 1 aromatic rings. The Morgan fingerprint density at radius 2 is 2.35 bits per heavy atom. The lowest BCUT2D eigenvalue weighted by Crippen LogP contribution is -2.40. The Kier molecular flexibility index (Phi) is 4.42. The lowest BCUT2D eigenvalue weighted by Gasteiger charge is -2.10. The molecule has 110 valence electrons. The summed E-state index contributed by atoms with van der Waals surface area (Å²) in [5, 5.41) is 9.92. The van der Waals surface area contributed by atoms with E-state index in [-0.39, 0.29) is 11.8 Å². The molecule has 1 aromatic heterocycles. The molecule has 2 N–H and O–H groups in total. The van der Waals surface area contributed by atoms with Crippen molar-refractivity contribution in [2.45, 2.75) is 46.2 Å². The van der Waals surface area contributed by atoms with Crippen LogP contribution in [0.25, 0.3) is 0 Å². The van der Waals surface area contributed by atoms with Crippen LogP contribution in [0.15, 0.2) is 6.07 Å². The number of aromatic nitrogens is 2. The maximum Gasteiger partial charge on any atom is 0.270 e. The van der Waals surface area contributed by atoms with Gasteiger partial charge in [-0.2, -0.15) is 5.10 Å². The van der Waals surface area contributed by atoms with Gasteiger partial charge in [-0.1, -0.05) is 13.8 Å². The molecule has 20 heavy (non-hydrogen) atoms. The molecule has 0 saturated carbocycles. The highest BCUT2D eigenvalue weighted by Crippen LogP contribution is 2.11. The first-order valence-corrected chi connectivity index (χ1v) is 7.16. The molecule has 0 spiro atoms. The van der Waals surface area contributed by atoms with Crippen molar-refractivity contribution in [3.05, 3.63) is 17.5 Å². The van der Waals surface area contributed by atoms with Gasteiger partial charge in [-0.25, -0.2) is 0 Å². The number of nitrogens with zero attached hydrogens (tertiary/aromatic N) is 2. The highest BCUT2D eigenvalue weighted by Gasteiger charge is 2.27. The summed E-state index contributed by atoms with van der Waals surface area (Å²) in [5.74, 6) is 0.159. The monoisotopic (exact) mass is 278 g/mol. The summed E-state index contributed by atoms with van der Waals surface area (Å²) in [5.41, 5.74) is 1.45. The van der Waals surface area contributed by atoms with Crippen molar-refractivity contribution in [1.82, 2.24) is 20.4 Å². The SMILES string of the molecule is CCn1nc(CC(C)C)cc1C(=O)N[C@@H]1CCNC1=O. The van der Waals surface area contributed by atoms with Crippen molar-refractivity contribution in [2.75, 3.05) is 6.54 Å². The second-order valence-electron chi connectivity index (χ2n) is 5.54. The minimum absolute atomic E-state index is 0.108. The van der Waals surface area contributed by atoms with Crippen LogP contribution in [0.1, 0.15) is 43.4 Å². The van der Waals surface area contributed by atoms with E-state index in [0.29, 0.717) is 31.1 Å². The molecule has 6 heteroatoms. The molecule has 0 bridgehead atoms. The van der Waals surface area contributed by atoms with E-state index >= 15 is 0 Å². The minimum atomic E-state index is -0.420. The summed E-state index contributed by atoms with van der Waals surface area (Å²) in [6, 6.07) is 1.40. The fourth-order valence-corrected chi connectivity index (χ4v) is 2.38. The quantitative estimate of drug-likeness (QED) is 0.833. The van der Waals surface area contributed by atoms with Crippen molar-refractivity contribution in [3.63, 3.8) is 0 Å². The van der Waals surface area contributed by atoms with Crippen LogP contribution in [0.3, 0.4) is 0 Å². The van der Waals surface area contributed by atoms with E-state index < -0.39 is 6.04 Å². The number of hydrogen-bond acceptors (Lipinski definition) is 3. The third-order valence-corrected chi connectivity index (χ3v) is 3.33. The summed E-state index contributed by atoms with van der Waals surface area (Å²) >= 11 is 0. The van der Waals surface area contributed by atoms with Crippen LogP contribution in [0.2, 0.25) is 0 Å². The molecular weight excluding hydrogens is 256 g/mol. The van der Waals surface area contributed by atoms with Crippen LogP contribution < -0.4 is 10.6 Å². The van der Waals surface area contributed by atoms with Crippen LogP contribution >= 0.6 is 0 Å². The fraction of sp³-hybridized carbons (Fsp3) is 0.643. The van der Waals surface area contributed by atoms with Crippen LogP contribution in [0, 0.1) is 5.92 Å². The predicted molar refractivity (Wildman–Crippen MR) is 75.3 cm³/mol. The molecule has 1 fully saturated rings. The zero-order chi connectivity index (χ0) is 14.7. The van der Waals surface area contributed by atoms with Gasteiger partial charge in [-0.3, -0.25) is 14.3 Å². The van der Waals surface area contributed by atoms with Crippen molar-refractivity contribution in [2.24, 2.45) is 5.92 Å². The first-order chi connectivity index (χ1) is 9.51. The number of rotatable bonds is 5. The van der Waals surface area contributed by atoms with E-state index in [4.69, 9.17) is 0 Å². The van der Waals surface area contributed by atoms with Gasteiger partial charge in [0.05, 0.1) is 5.69 Å². The van der Waals surface area contributed by atoms with E-state index in [1.165, 1.54) is 0 Å². The Bertz CT molecular complexity index is 507. The Hall–Kier alpha value is -1.85. The normalized spacial score (nSPS) is 18.4. The van der Waals surface area contributed by atoms with Gasteiger partial charge in [0.2, 0.25) is 5.91 Å². The molecule has 2 amide bonds. The summed E-state index contributed by atoms with van der Waals surface area (Å²) in [7, 11) is 0. The van der Waals surface area contributed by atoms with Gasteiger partial charge < -0.3 is 10.6 Å². The van der Waals surface area contributed by atoms with Gasteiger partial charge in [0.15, 0.2) is 0 Å². The molecule has 1 aliphatic rings. The van der Waals surface area contributed by atoms with Crippen LogP contribution in [-0.2, 0) is 17.8 Å². The first kappa shape index (κ1) is 14.6. The van der Waals surface area contributed by atoms with Gasteiger partial charge >= 0.3 is 0 Å². The number of carbonyl (C=O) groups is 2. The molecule has 6 nitrogen and oxygen atoms in total. The Morgan fingerprint density at radius 1 is 1.60 bits per heavy atom. The summed E-state index contributed by atoms with van der Waals surface area (Å²) in [6.45, 7) is 7.44. The van der Waals surface area contributed by atoms with Crippen LogP contribution in [0.5, 0.6) is 0 Å². The van der Waals surface area contributed by atoms with E-state index in [1.54, 1.807) is 4.68 Å². The number of carbonyl (C=O) groups excluding carboxylic acids is 2. The van der Waals surface area contributed by atoms with E-state index in [1.807, 2.05) is 13.0 Å². The molecule has 1 atom stereocenters. The standard InChI is InChI=1S/C14H22N4O2/c1-4-18-12(8-10(17-18)7-9(2)3)14(20)16-11-5-6-15-13(11)19/h8-9,11H,4-7H2,1-3H3,(H,15,19)(H,16,20)/t11-/m1/s1. The molecular formula is C14H22N4O2. The van der Waals surface area contributed by atoms with Gasteiger partial charge in [0, 0.05) is 13.1 Å². The molecule has 0 radical (unpaired) electrons. The summed E-state index contributed by atoms with van der Waals surface area (Å²) in [6.07, 6.45) is 1.49. The van der Waals surface area contributed by atoms with Crippen LogP contribution in [-0.4, -0.2) is 34.2 Å². The second kappa shape index (κ2) is 6.07. The van der Waals surface area contributed by atoms with Crippen molar-refractivity contribution in [3.8, 4) is 0 Å². The highest BCUT2D eigenvalue weighted by atomic mass is 16.2. The maximum absolute atomic E-state index is 12.3. The first-order valence-electron chi connectivity index (χ1n) is 7.16. The van der Waals surface area contributed by atoms with Gasteiger partial charge in [-0.15, -0.1) is 0 Å². The molecule has 0 aromatic carbocycles. The molecule has 1 saturated heterocycles. The minimum Gasteiger partial charge on any atom is -0.354 e. The second-order valence-corrected chi connectivity index (χ2v) is 5.54. The topological polar surface area (TPSA) is 76.0 Å².